The van der Waals surface area contributed by atoms with E-state index in [2.05, 4.69) is 4.74 Å². The third-order valence-electron chi connectivity index (χ3n) is 2.76. The minimum absolute atomic E-state index is 0.0244. The van der Waals surface area contributed by atoms with Crippen LogP contribution in [0.15, 0.2) is 36.4 Å². The molecular weight excluding hydrogens is 276 g/mol. The van der Waals surface area contributed by atoms with Gasteiger partial charge in [0.2, 0.25) is 0 Å². The van der Waals surface area contributed by atoms with Gasteiger partial charge in [0, 0.05) is 0 Å². The first-order valence-corrected chi connectivity index (χ1v) is 5.83. The molecule has 0 atom stereocenters. The van der Waals surface area contributed by atoms with E-state index in [4.69, 9.17) is 11.5 Å². The highest BCUT2D eigenvalue weighted by atomic mass is 16.6. The second kappa shape index (κ2) is 5.41. The second-order valence-electron chi connectivity index (χ2n) is 4.16. The lowest BCUT2D eigenvalue weighted by Gasteiger charge is -2.08. The summed E-state index contributed by atoms with van der Waals surface area (Å²) in [5.74, 6) is -3.14. The maximum atomic E-state index is 11.8. The molecule has 0 fully saturated rings. The number of hydrogen-bond donors (Lipinski definition) is 4. The predicted octanol–water partition coefficient (Wildman–Crippen LogP) is 1.26. The highest BCUT2D eigenvalue weighted by molar-refractivity contribution is 6.06. The Morgan fingerprint density at radius 1 is 0.810 bits per heavy atom. The van der Waals surface area contributed by atoms with E-state index in [0.29, 0.717) is 0 Å². The number of ether oxygens (including phenoxy) is 1. The van der Waals surface area contributed by atoms with Crippen molar-refractivity contribution in [2.45, 2.75) is 0 Å². The van der Waals surface area contributed by atoms with Gasteiger partial charge < -0.3 is 26.4 Å². The van der Waals surface area contributed by atoms with Crippen LogP contribution < -0.4 is 11.5 Å². The zero-order chi connectivity index (χ0) is 15.6. The standard InChI is InChI=1S/C14H12N2O5/c15-9-5-1-3-7(11(9)17)13(19)21-14(20)8-4-2-6-10(16)12(8)18/h1-6,17-18H,15-16H2. The van der Waals surface area contributed by atoms with Crippen molar-refractivity contribution in [2.75, 3.05) is 11.5 Å². The molecule has 108 valence electrons. The fraction of sp³-hybridized carbons (Fsp3) is 0. The first-order chi connectivity index (χ1) is 9.91. The van der Waals surface area contributed by atoms with E-state index in [1.165, 1.54) is 36.4 Å². The van der Waals surface area contributed by atoms with Crippen LogP contribution in [-0.2, 0) is 4.74 Å². The molecule has 0 aliphatic heterocycles. The topological polar surface area (TPSA) is 136 Å². The Morgan fingerprint density at radius 3 is 1.57 bits per heavy atom. The quantitative estimate of drug-likeness (QED) is 0.282. The van der Waals surface area contributed by atoms with E-state index in [9.17, 15) is 19.8 Å². The molecule has 0 unspecified atom stereocenters. The van der Waals surface area contributed by atoms with Crippen LogP contribution in [0.25, 0.3) is 0 Å². The average molecular weight is 288 g/mol. The number of para-hydroxylation sites is 2. The largest absolute Gasteiger partial charge is 0.505 e. The number of carbonyl (C=O) groups is 2. The fourth-order valence-corrected chi connectivity index (χ4v) is 1.65. The number of nitrogens with two attached hydrogens (primary N) is 2. The molecule has 21 heavy (non-hydrogen) atoms. The third kappa shape index (κ3) is 2.71. The molecule has 2 aromatic rings. The molecule has 2 aromatic carbocycles. The minimum atomic E-state index is -1.09. The van der Waals surface area contributed by atoms with Gasteiger partial charge in [-0.05, 0) is 24.3 Å². The number of esters is 2. The molecule has 7 heteroatoms. The zero-order valence-corrected chi connectivity index (χ0v) is 10.7. The minimum Gasteiger partial charge on any atom is -0.505 e. The number of nitrogen functional groups attached to an aromatic ring is 2. The highest BCUT2D eigenvalue weighted by Gasteiger charge is 2.21. The Bertz CT molecular complexity index is 666. The van der Waals surface area contributed by atoms with Gasteiger partial charge in [-0.2, -0.15) is 0 Å². The van der Waals surface area contributed by atoms with Gasteiger partial charge >= 0.3 is 11.9 Å². The Kier molecular flexibility index (Phi) is 3.66. The van der Waals surface area contributed by atoms with Crippen LogP contribution >= 0.6 is 0 Å². The normalized spacial score (nSPS) is 10.1. The van der Waals surface area contributed by atoms with Gasteiger partial charge in [0.1, 0.15) is 11.1 Å². The summed E-state index contributed by atoms with van der Waals surface area (Å²) in [7, 11) is 0. The van der Waals surface area contributed by atoms with Crippen LogP contribution in [-0.4, -0.2) is 22.2 Å². The van der Waals surface area contributed by atoms with Gasteiger partial charge in [-0.25, -0.2) is 9.59 Å². The van der Waals surface area contributed by atoms with Crippen molar-refractivity contribution < 1.29 is 24.5 Å². The van der Waals surface area contributed by atoms with Gasteiger partial charge in [-0.15, -0.1) is 0 Å². The Hall–Kier alpha value is -3.22. The van der Waals surface area contributed by atoms with Crippen LogP contribution in [0.5, 0.6) is 11.5 Å². The van der Waals surface area contributed by atoms with Crippen molar-refractivity contribution in [3.05, 3.63) is 47.5 Å². The van der Waals surface area contributed by atoms with Crippen molar-refractivity contribution >= 4 is 23.3 Å². The molecule has 7 nitrogen and oxygen atoms in total. The highest BCUT2D eigenvalue weighted by Crippen LogP contribution is 2.27. The van der Waals surface area contributed by atoms with Gasteiger partial charge in [0.25, 0.3) is 0 Å². The van der Waals surface area contributed by atoms with E-state index in [0.717, 1.165) is 0 Å². The van der Waals surface area contributed by atoms with E-state index < -0.39 is 23.4 Å². The molecule has 0 saturated carbocycles. The van der Waals surface area contributed by atoms with E-state index in [1.807, 2.05) is 0 Å². The molecule has 0 aromatic heterocycles. The number of anilines is 2. The fourth-order valence-electron chi connectivity index (χ4n) is 1.65. The number of phenolic OH excluding ortho intramolecular Hbond substituents is 2. The van der Waals surface area contributed by atoms with Crippen LogP contribution in [0.4, 0.5) is 11.4 Å². The molecule has 0 spiro atoms. The van der Waals surface area contributed by atoms with Crippen molar-refractivity contribution in [2.24, 2.45) is 0 Å². The smallest absolute Gasteiger partial charge is 0.349 e. The van der Waals surface area contributed by atoms with Crippen LogP contribution in [0.1, 0.15) is 20.7 Å². The molecular formula is C14H12N2O5. The molecule has 6 N–H and O–H groups in total. The SMILES string of the molecule is Nc1cccc(C(=O)OC(=O)c2cccc(N)c2O)c1O. The summed E-state index contributed by atoms with van der Waals surface area (Å²) in [4.78, 5) is 23.7. The number of phenols is 2. The lowest BCUT2D eigenvalue weighted by molar-refractivity contribution is 0.0394. The summed E-state index contributed by atoms with van der Waals surface area (Å²) in [5.41, 5.74) is 10.3. The number of carbonyl (C=O) groups excluding carboxylic acids is 2. The van der Waals surface area contributed by atoms with Crippen molar-refractivity contribution in [1.82, 2.24) is 0 Å². The lowest BCUT2D eigenvalue weighted by atomic mass is 10.1. The molecule has 0 amide bonds. The average Bonchev–Trinajstić information content (AvgIpc) is 2.44. The summed E-state index contributed by atoms with van der Waals surface area (Å²) < 4.78 is 4.59. The van der Waals surface area contributed by atoms with Gasteiger partial charge in [-0.1, -0.05) is 12.1 Å². The van der Waals surface area contributed by atoms with Crippen LogP contribution in [0, 0.1) is 0 Å². The molecule has 0 saturated heterocycles. The first kappa shape index (κ1) is 14.2. The zero-order valence-electron chi connectivity index (χ0n) is 10.7. The Labute approximate surface area is 119 Å². The summed E-state index contributed by atoms with van der Waals surface area (Å²) >= 11 is 0. The number of rotatable bonds is 2. The van der Waals surface area contributed by atoms with Gasteiger partial charge in [0.15, 0.2) is 11.5 Å². The summed E-state index contributed by atoms with van der Waals surface area (Å²) in [6, 6.07) is 8.12. The number of hydrogen-bond acceptors (Lipinski definition) is 7. The van der Waals surface area contributed by atoms with Gasteiger partial charge in [-0.3, -0.25) is 0 Å². The van der Waals surface area contributed by atoms with Gasteiger partial charge in [0.05, 0.1) is 11.4 Å². The molecule has 0 radical (unpaired) electrons. The van der Waals surface area contributed by atoms with E-state index >= 15 is 0 Å². The molecule has 0 bridgehead atoms. The molecule has 0 aliphatic rings. The summed E-state index contributed by atoms with van der Waals surface area (Å²) in [6.07, 6.45) is 0. The van der Waals surface area contributed by atoms with Crippen LogP contribution in [0.3, 0.4) is 0 Å². The van der Waals surface area contributed by atoms with E-state index in [1.54, 1.807) is 0 Å². The van der Waals surface area contributed by atoms with Crippen molar-refractivity contribution in [3.8, 4) is 11.5 Å². The third-order valence-corrected chi connectivity index (χ3v) is 2.76. The van der Waals surface area contributed by atoms with Crippen molar-refractivity contribution in [1.29, 1.82) is 0 Å². The predicted molar refractivity (Wildman–Crippen MR) is 74.8 cm³/mol. The molecule has 0 heterocycles. The maximum Gasteiger partial charge on any atom is 0.349 e. The molecule has 2 rings (SSSR count). The summed E-state index contributed by atoms with van der Waals surface area (Å²) in [6.45, 7) is 0. The number of aromatic hydroxyl groups is 2. The Morgan fingerprint density at radius 2 is 1.19 bits per heavy atom. The summed E-state index contributed by atoms with van der Waals surface area (Å²) in [5, 5.41) is 19.3. The second-order valence-corrected chi connectivity index (χ2v) is 4.16. The molecule has 0 aliphatic carbocycles. The maximum absolute atomic E-state index is 11.8. The first-order valence-electron chi connectivity index (χ1n) is 5.83. The lowest BCUT2D eigenvalue weighted by Crippen LogP contribution is -2.14. The number of benzene rings is 2. The van der Waals surface area contributed by atoms with Crippen molar-refractivity contribution in [3.63, 3.8) is 0 Å². The monoisotopic (exact) mass is 288 g/mol. The Balaban J connectivity index is 2.25. The van der Waals surface area contributed by atoms with Crippen LogP contribution in [0.2, 0.25) is 0 Å². The van der Waals surface area contributed by atoms with E-state index in [-0.39, 0.29) is 22.5 Å².